The number of rotatable bonds is 3. The lowest BCUT2D eigenvalue weighted by atomic mass is 10.2. The lowest BCUT2D eigenvalue weighted by Gasteiger charge is -2.05. The van der Waals surface area contributed by atoms with Crippen LogP contribution in [-0.4, -0.2) is 18.6 Å². The highest BCUT2D eigenvalue weighted by atomic mass is 32.2. The van der Waals surface area contributed by atoms with Crippen molar-refractivity contribution in [3.8, 4) is 11.5 Å². The predicted molar refractivity (Wildman–Crippen MR) is 67.1 cm³/mol. The number of hydrogen-bond acceptors (Lipinski definition) is 4. The van der Waals surface area contributed by atoms with Gasteiger partial charge in [-0.3, -0.25) is 0 Å². The van der Waals surface area contributed by atoms with Gasteiger partial charge in [0.2, 0.25) is 0 Å². The summed E-state index contributed by atoms with van der Waals surface area (Å²) in [4.78, 5) is 0.161. The molecule has 0 saturated heterocycles. The van der Waals surface area contributed by atoms with Crippen LogP contribution in [0.25, 0.3) is 0 Å². The Morgan fingerprint density at radius 1 is 0.778 bits per heavy atom. The molecule has 0 aliphatic carbocycles. The van der Waals surface area contributed by atoms with Crippen LogP contribution in [0.5, 0.6) is 11.5 Å². The molecule has 2 N–H and O–H groups in total. The quantitative estimate of drug-likeness (QED) is 0.890. The summed E-state index contributed by atoms with van der Waals surface area (Å²) < 4.78 is 24.1. The summed E-state index contributed by atoms with van der Waals surface area (Å²) in [6.07, 6.45) is 0. The SMILES string of the molecule is O=S(=O)(Cc1ccc(O)cc1)c1ccc(O)cc1. The van der Waals surface area contributed by atoms with E-state index in [0.717, 1.165) is 0 Å². The summed E-state index contributed by atoms with van der Waals surface area (Å²) in [6, 6.07) is 11.4. The molecule has 2 rings (SSSR count). The van der Waals surface area contributed by atoms with Gasteiger partial charge in [-0.25, -0.2) is 8.42 Å². The fourth-order valence-corrected chi connectivity index (χ4v) is 2.90. The molecule has 2 aromatic carbocycles. The van der Waals surface area contributed by atoms with Crippen molar-refractivity contribution in [1.29, 1.82) is 0 Å². The first-order chi connectivity index (χ1) is 8.47. The lowest BCUT2D eigenvalue weighted by molar-refractivity contribution is 0.474. The van der Waals surface area contributed by atoms with Crippen LogP contribution in [0, 0.1) is 0 Å². The summed E-state index contributed by atoms with van der Waals surface area (Å²) in [6.45, 7) is 0. The van der Waals surface area contributed by atoms with Crippen molar-refractivity contribution in [1.82, 2.24) is 0 Å². The maximum atomic E-state index is 12.1. The number of sulfone groups is 1. The van der Waals surface area contributed by atoms with Crippen molar-refractivity contribution in [2.24, 2.45) is 0 Å². The van der Waals surface area contributed by atoms with E-state index in [9.17, 15) is 8.42 Å². The highest BCUT2D eigenvalue weighted by Crippen LogP contribution is 2.20. The summed E-state index contributed by atoms with van der Waals surface area (Å²) in [5.41, 5.74) is 0.598. The van der Waals surface area contributed by atoms with Crippen LogP contribution in [-0.2, 0) is 15.6 Å². The molecule has 0 atom stereocenters. The topological polar surface area (TPSA) is 74.6 Å². The van der Waals surface area contributed by atoms with Crippen LogP contribution in [0.4, 0.5) is 0 Å². The Morgan fingerprint density at radius 3 is 1.72 bits per heavy atom. The molecule has 0 fully saturated rings. The first-order valence-electron chi connectivity index (χ1n) is 5.27. The molecule has 0 aliphatic heterocycles. The van der Waals surface area contributed by atoms with Gasteiger partial charge in [0, 0.05) is 0 Å². The molecule has 0 aliphatic rings. The van der Waals surface area contributed by atoms with Gasteiger partial charge in [0.05, 0.1) is 10.6 Å². The summed E-state index contributed by atoms with van der Waals surface area (Å²) in [5, 5.41) is 18.2. The van der Waals surface area contributed by atoms with E-state index in [4.69, 9.17) is 10.2 Å². The first-order valence-corrected chi connectivity index (χ1v) is 6.92. The third-order valence-corrected chi connectivity index (χ3v) is 4.19. The number of hydrogen-bond donors (Lipinski definition) is 2. The monoisotopic (exact) mass is 264 g/mol. The van der Waals surface area contributed by atoms with E-state index in [0.29, 0.717) is 5.56 Å². The van der Waals surface area contributed by atoms with Crippen molar-refractivity contribution >= 4 is 9.84 Å². The summed E-state index contributed by atoms with van der Waals surface area (Å²) in [5.74, 6) is -0.0164. The molecule has 0 bridgehead atoms. The molecular weight excluding hydrogens is 252 g/mol. The summed E-state index contributed by atoms with van der Waals surface area (Å²) in [7, 11) is -3.44. The van der Waals surface area contributed by atoms with Gasteiger partial charge >= 0.3 is 0 Å². The Kier molecular flexibility index (Phi) is 3.25. The molecule has 2 aromatic rings. The number of phenols is 2. The zero-order chi connectivity index (χ0) is 13.2. The van der Waals surface area contributed by atoms with Crippen molar-refractivity contribution in [3.05, 3.63) is 54.1 Å². The van der Waals surface area contributed by atoms with E-state index in [2.05, 4.69) is 0 Å². The second-order valence-corrected chi connectivity index (χ2v) is 5.91. The molecule has 0 saturated carbocycles. The van der Waals surface area contributed by atoms with Crippen molar-refractivity contribution in [2.45, 2.75) is 10.6 Å². The molecule has 0 amide bonds. The molecule has 0 heterocycles. The largest absolute Gasteiger partial charge is 0.508 e. The van der Waals surface area contributed by atoms with E-state index in [1.165, 1.54) is 36.4 Å². The molecule has 0 aromatic heterocycles. The van der Waals surface area contributed by atoms with Crippen LogP contribution in [0.15, 0.2) is 53.4 Å². The van der Waals surface area contributed by atoms with Crippen molar-refractivity contribution in [3.63, 3.8) is 0 Å². The molecule has 0 unspecified atom stereocenters. The zero-order valence-corrected chi connectivity index (χ0v) is 10.3. The number of phenolic OH excluding ortho intramolecular Hbond substituents is 2. The molecular formula is C13H12O4S. The Balaban J connectivity index is 2.27. The Morgan fingerprint density at radius 2 is 1.22 bits per heavy atom. The van der Waals surface area contributed by atoms with Crippen LogP contribution >= 0.6 is 0 Å². The minimum absolute atomic E-state index is 0.0265. The Bertz CT molecular complexity index is 628. The maximum Gasteiger partial charge on any atom is 0.182 e. The minimum Gasteiger partial charge on any atom is -0.508 e. The predicted octanol–water partition coefficient (Wildman–Crippen LogP) is 2.07. The van der Waals surface area contributed by atoms with Gasteiger partial charge in [-0.1, -0.05) is 12.1 Å². The second kappa shape index (κ2) is 4.70. The van der Waals surface area contributed by atoms with Gasteiger partial charge in [-0.2, -0.15) is 0 Å². The van der Waals surface area contributed by atoms with Gasteiger partial charge in [-0.05, 0) is 42.0 Å². The average Bonchev–Trinajstić information content (AvgIpc) is 2.32. The number of benzene rings is 2. The Hall–Kier alpha value is -2.01. The van der Waals surface area contributed by atoms with Crippen LogP contribution in [0.1, 0.15) is 5.56 Å². The normalized spacial score (nSPS) is 11.3. The fourth-order valence-electron chi connectivity index (χ4n) is 1.55. The fraction of sp³-hybridized carbons (Fsp3) is 0.0769. The number of aromatic hydroxyl groups is 2. The van der Waals surface area contributed by atoms with E-state index in [1.807, 2.05) is 0 Å². The first kappa shape index (κ1) is 12.4. The van der Waals surface area contributed by atoms with E-state index in [-0.39, 0.29) is 22.1 Å². The highest BCUT2D eigenvalue weighted by molar-refractivity contribution is 7.90. The van der Waals surface area contributed by atoms with Crippen LogP contribution in [0.2, 0.25) is 0 Å². The lowest BCUT2D eigenvalue weighted by Crippen LogP contribution is -2.04. The van der Waals surface area contributed by atoms with E-state index in [1.54, 1.807) is 12.1 Å². The van der Waals surface area contributed by atoms with Gasteiger partial charge in [0.25, 0.3) is 0 Å². The summed E-state index contributed by atoms with van der Waals surface area (Å²) >= 11 is 0. The molecule has 0 spiro atoms. The Labute approximate surface area is 105 Å². The van der Waals surface area contributed by atoms with Crippen LogP contribution in [0.3, 0.4) is 0 Å². The zero-order valence-electron chi connectivity index (χ0n) is 9.45. The smallest absolute Gasteiger partial charge is 0.182 e. The molecule has 94 valence electrons. The van der Waals surface area contributed by atoms with E-state index >= 15 is 0 Å². The highest BCUT2D eigenvalue weighted by Gasteiger charge is 2.15. The average molecular weight is 264 g/mol. The van der Waals surface area contributed by atoms with Crippen molar-refractivity contribution in [2.75, 3.05) is 0 Å². The van der Waals surface area contributed by atoms with Gasteiger partial charge in [0.15, 0.2) is 9.84 Å². The second-order valence-electron chi connectivity index (χ2n) is 3.92. The molecule has 4 nitrogen and oxygen atoms in total. The maximum absolute atomic E-state index is 12.1. The van der Waals surface area contributed by atoms with Crippen molar-refractivity contribution < 1.29 is 18.6 Å². The van der Waals surface area contributed by atoms with Gasteiger partial charge in [0.1, 0.15) is 11.5 Å². The minimum atomic E-state index is -3.44. The van der Waals surface area contributed by atoms with Gasteiger partial charge < -0.3 is 10.2 Å². The van der Waals surface area contributed by atoms with Gasteiger partial charge in [-0.15, -0.1) is 0 Å². The molecule has 18 heavy (non-hydrogen) atoms. The van der Waals surface area contributed by atoms with Crippen LogP contribution < -0.4 is 0 Å². The standard InChI is InChI=1S/C13H12O4S/c14-11-3-1-10(2-4-11)9-18(16,17)13-7-5-12(15)6-8-13/h1-8,14-15H,9H2. The van der Waals surface area contributed by atoms with E-state index < -0.39 is 9.84 Å². The molecule has 5 heteroatoms. The molecule has 0 radical (unpaired) electrons. The third kappa shape index (κ3) is 2.81. The third-order valence-electron chi connectivity index (χ3n) is 2.49.